The third-order valence-electron chi connectivity index (χ3n) is 2.08. The predicted molar refractivity (Wildman–Crippen MR) is 40.6 cm³/mol. The van der Waals surface area contributed by atoms with Gasteiger partial charge in [0.25, 0.3) is 0 Å². The summed E-state index contributed by atoms with van der Waals surface area (Å²) in [6.45, 7) is 0. The fourth-order valence-electron chi connectivity index (χ4n) is 1.07. The summed E-state index contributed by atoms with van der Waals surface area (Å²) in [5, 5.41) is 0. The molecule has 0 spiro atoms. The first-order chi connectivity index (χ1) is 7.86. The number of halogens is 9. The minimum absolute atomic E-state index is 0.278. The normalized spacial score (nSPS) is 14.9. The molecule has 0 unspecified atom stereocenters. The Morgan fingerprint density at radius 2 is 1.28 bits per heavy atom. The molecule has 10 heteroatoms. The van der Waals surface area contributed by atoms with E-state index >= 15 is 0 Å². The van der Waals surface area contributed by atoms with Crippen LogP contribution < -0.4 is 0 Å². The van der Waals surface area contributed by atoms with Gasteiger partial charge in [-0.05, 0) is 12.1 Å². The van der Waals surface area contributed by atoms with Crippen LogP contribution in [0.25, 0.3) is 0 Å². The lowest BCUT2D eigenvalue weighted by molar-refractivity contribution is -0.400. The number of hydrogen-bond acceptors (Lipinski definition) is 0. The average Bonchev–Trinajstić information content (AvgIpc) is 2.68. The van der Waals surface area contributed by atoms with E-state index in [0.717, 1.165) is 6.07 Å². The van der Waals surface area contributed by atoms with Gasteiger partial charge in [0, 0.05) is 6.20 Å². The van der Waals surface area contributed by atoms with Crippen molar-refractivity contribution in [3.05, 3.63) is 24.0 Å². The zero-order valence-corrected chi connectivity index (χ0v) is 8.13. The van der Waals surface area contributed by atoms with Crippen molar-refractivity contribution in [3.8, 4) is 0 Å². The number of aromatic nitrogens is 1. The third-order valence-corrected chi connectivity index (χ3v) is 2.08. The van der Waals surface area contributed by atoms with E-state index in [0.29, 0.717) is 6.20 Å². The molecule has 0 atom stereocenters. The maximum absolute atomic E-state index is 13.0. The quantitative estimate of drug-likeness (QED) is 0.810. The SMILES string of the molecule is FC(F)(F)C(F)(F)C(F)(F)C(F)(F)c1ccc[nH]1. The molecule has 1 nitrogen and oxygen atoms in total. The van der Waals surface area contributed by atoms with Gasteiger partial charge in [-0.1, -0.05) is 0 Å². The summed E-state index contributed by atoms with van der Waals surface area (Å²) >= 11 is 0. The van der Waals surface area contributed by atoms with Crippen LogP contribution in [0.5, 0.6) is 0 Å². The van der Waals surface area contributed by atoms with Gasteiger partial charge in [0.1, 0.15) is 0 Å². The molecule has 0 bridgehead atoms. The summed E-state index contributed by atoms with van der Waals surface area (Å²) in [7, 11) is 0. The Bertz CT molecular complexity index is 403. The van der Waals surface area contributed by atoms with Gasteiger partial charge in [-0.15, -0.1) is 0 Å². The Kier molecular flexibility index (Phi) is 3.12. The van der Waals surface area contributed by atoms with Gasteiger partial charge in [-0.3, -0.25) is 0 Å². The molecule has 1 N–H and O–H groups in total. The highest BCUT2D eigenvalue weighted by atomic mass is 19.4. The molecule has 18 heavy (non-hydrogen) atoms. The first-order valence-corrected chi connectivity index (χ1v) is 4.19. The van der Waals surface area contributed by atoms with Crippen molar-refractivity contribution in [2.45, 2.75) is 23.9 Å². The molecule has 0 aliphatic carbocycles. The second kappa shape index (κ2) is 3.82. The molecule has 0 aliphatic rings. The molecule has 1 rings (SSSR count). The molecule has 1 aromatic heterocycles. The standard InChI is InChI=1S/C8H4F9N/c9-5(10,4-2-1-3-18-4)6(11,12)7(13,14)8(15,16)17/h1-3,18H. The zero-order chi connectivity index (χ0) is 14.4. The monoisotopic (exact) mass is 285 g/mol. The number of rotatable bonds is 3. The van der Waals surface area contributed by atoms with Crippen molar-refractivity contribution in [3.63, 3.8) is 0 Å². The van der Waals surface area contributed by atoms with E-state index in [1.807, 2.05) is 0 Å². The topological polar surface area (TPSA) is 15.8 Å². The van der Waals surface area contributed by atoms with Crippen LogP contribution in [-0.2, 0) is 5.92 Å². The van der Waals surface area contributed by atoms with Gasteiger partial charge in [0.15, 0.2) is 0 Å². The van der Waals surface area contributed by atoms with Crippen LogP contribution in [0.3, 0.4) is 0 Å². The predicted octanol–water partition coefficient (Wildman–Crippen LogP) is 3.94. The largest absolute Gasteiger partial charge is 0.460 e. The Labute approximate surface area is 93.6 Å². The van der Waals surface area contributed by atoms with Gasteiger partial charge < -0.3 is 4.98 Å². The van der Waals surface area contributed by atoms with E-state index in [-0.39, 0.29) is 6.07 Å². The van der Waals surface area contributed by atoms with E-state index in [2.05, 4.69) is 0 Å². The van der Waals surface area contributed by atoms with Gasteiger partial charge in [-0.25, -0.2) is 0 Å². The van der Waals surface area contributed by atoms with Gasteiger partial charge in [0.05, 0.1) is 5.69 Å². The molecule has 0 saturated carbocycles. The second-order valence-electron chi connectivity index (χ2n) is 3.30. The molecule has 1 heterocycles. The molecule has 0 aliphatic heterocycles. The Hall–Kier alpha value is -1.35. The lowest BCUT2D eigenvalue weighted by atomic mass is 10.0. The van der Waals surface area contributed by atoms with Crippen LogP contribution in [0, 0.1) is 0 Å². The minimum Gasteiger partial charge on any atom is -0.360 e. The summed E-state index contributed by atoms with van der Waals surface area (Å²) in [5.74, 6) is -19.2. The van der Waals surface area contributed by atoms with Crippen molar-refractivity contribution >= 4 is 0 Å². The van der Waals surface area contributed by atoms with E-state index in [1.54, 1.807) is 0 Å². The summed E-state index contributed by atoms with van der Waals surface area (Å²) < 4.78 is 112. The Morgan fingerprint density at radius 3 is 1.61 bits per heavy atom. The molecule has 0 saturated heterocycles. The molecular formula is C8H4F9N. The summed E-state index contributed by atoms with van der Waals surface area (Å²) in [6.07, 6.45) is -6.11. The van der Waals surface area contributed by atoms with Gasteiger partial charge in [0.2, 0.25) is 0 Å². The first kappa shape index (κ1) is 14.7. The smallest absolute Gasteiger partial charge is 0.360 e. The molecule has 0 aromatic carbocycles. The maximum atomic E-state index is 13.0. The van der Waals surface area contributed by atoms with Crippen LogP contribution in [0.4, 0.5) is 39.5 Å². The van der Waals surface area contributed by atoms with Crippen molar-refractivity contribution in [2.24, 2.45) is 0 Å². The molecule has 1 aromatic rings. The molecule has 0 radical (unpaired) electrons. The lowest BCUT2D eigenvalue weighted by Crippen LogP contribution is -2.59. The highest BCUT2D eigenvalue weighted by Crippen LogP contribution is 2.56. The van der Waals surface area contributed by atoms with Crippen LogP contribution in [0.1, 0.15) is 5.69 Å². The number of H-pyrrole nitrogens is 1. The van der Waals surface area contributed by atoms with E-state index < -0.39 is 29.6 Å². The molecule has 0 fully saturated rings. The molecule has 0 amide bonds. The van der Waals surface area contributed by atoms with E-state index in [4.69, 9.17) is 0 Å². The Morgan fingerprint density at radius 1 is 0.778 bits per heavy atom. The van der Waals surface area contributed by atoms with Gasteiger partial charge >= 0.3 is 23.9 Å². The van der Waals surface area contributed by atoms with Crippen LogP contribution >= 0.6 is 0 Å². The second-order valence-corrected chi connectivity index (χ2v) is 3.30. The zero-order valence-electron chi connectivity index (χ0n) is 8.13. The maximum Gasteiger partial charge on any atom is 0.460 e. The van der Waals surface area contributed by atoms with Crippen molar-refractivity contribution < 1.29 is 39.5 Å². The van der Waals surface area contributed by atoms with Crippen LogP contribution in [-0.4, -0.2) is 23.0 Å². The minimum atomic E-state index is -6.87. The van der Waals surface area contributed by atoms with Crippen molar-refractivity contribution in [1.82, 2.24) is 4.98 Å². The average molecular weight is 285 g/mol. The van der Waals surface area contributed by atoms with Crippen LogP contribution in [0.15, 0.2) is 18.3 Å². The molecule has 104 valence electrons. The Balaban J connectivity index is 3.30. The molecular weight excluding hydrogens is 281 g/mol. The fraction of sp³-hybridized carbons (Fsp3) is 0.500. The van der Waals surface area contributed by atoms with Crippen molar-refractivity contribution in [1.29, 1.82) is 0 Å². The highest BCUT2D eigenvalue weighted by molar-refractivity contribution is 5.17. The van der Waals surface area contributed by atoms with Crippen molar-refractivity contribution in [2.75, 3.05) is 0 Å². The summed E-state index contributed by atoms with van der Waals surface area (Å²) in [4.78, 5) is 1.48. The highest BCUT2D eigenvalue weighted by Gasteiger charge is 2.82. The fourth-order valence-corrected chi connectivity index (χ4v) is 1.07. The van der Waals surface area contributed by atoms with Crippen LogP contribution in [0.2, 0.25) is 0 Å². The summed E-state index contributed by atoms with van der Waals surface area (Å²) in [6, 6.07) is 1.03. The van der Waals surface area contributed by atoms with E-state index in [9.17, 15) is 39.5 Å². The number of nitrogens with one attached hydrogen (secondary N) is 1. The number of alkyl halides is 9. The number of hydrogen-bond donors (Lipinski definition) is 1. The van der Waals surface area contributed by atoms with E-state index in [1.165, 1.54) is 4.98 Å². The summed E-state index contributed by atoms with van der Waals surface area (Å²) in [5.41, 5.74) is -1.74. The number of aromatic amines is 1. The van der Waals surface area contributed by atoms with Gasteiger partial charge in [-0.2, -0.15) is 39.5 Å². The first-order valence-electron chi connectivity index (χ1n) is 4.19. The third kappa shape index (κ3) is 1.83. The lowest BCUT2D eigenvalue weighted by Gasteiger charge is -2.33.